The fourth-order valence-corrected chi connectivity index (χ4v) is 2.47. The number of amides is 1. The quantitative estimate of drug-likeness (QED) is 0.791. The Balaban J connectivity index is 1.68. The Morgan fingerprint density at radius 2 is 2.00 bits per heavy atom. The van der Waals surface area contributed by atoms with Crippen molar-refractivity contribution in [2.75, 3.05) is 6.54 Å². The Morgan fingerprint density at radius 3 is 2.81 bits per heavy atom. The van der Waals surface area contributed by atoms with Crippen LogP contribution in [0.1, 0.15) is 10.4 Å². The lowest BCUT2D eigenvalue weighted by Crippen LogP contribution is -2.27. The molecule has 0 saturated carbocycles. The van der Waals surface area contributed by atoms with Crippen molar-refractivity contribution in [3.8, 4) is 0 Å². The van der Waals surface area contributed by atoms with E-state index in [2.05, 4.69) is 31.6 Å². The van der Waals surface area contributed by atoms with E-state index < -0.39 is 0 Å². The number of carbonyl (C=O) groups is 1. The Labute approximate surface area is 130 Å². The molecule has 0 fully saturated rings. The number of halogens is 1. The van der Waals surface area contributed by atoms with Gasteiger partial charge in [-0.05, 0) is 35.0 Å². The first-order valence-electron chi connectivity index (χ1n) is 6.54. The van der Waals surface area contributed by atoms with Gasteiger partial charge >= 0.3 is 0 Å². The van der Waals surface area contributed by atoms with Crippen molar-refractivity contribution >= 4 is 32.6 Å². The first-order chi connectivity index (χ1) is 10.2. The van der Waals surface area contributed by atoms with Gasteiger partial charge in [-0.25, -0.2) is 0 Å². The molecule has 5 nitrogen and oxygen atoms in total. The van der Waals surface area contributed by atoms with Gasteiger partial charge in [0.05, 0.1) is 12.7 Å². The van der Waals surface area contributed by atoms with Crippen LogP contribution in [0.2, 0.25) is 0 Å². The monoisotopic (exact) mass is 344 g/mol. The van der Waals surface area contributed by atoms with Gasteiger partial charge in [-0.2, -0.15) is 0 Å². The lowest BCUT2D eigenvalue weighted by molar-refractivity contribution is 0.0952. The number of nitrogens with zero attached hydrogens (tertiary/aromatic N) is 3. The smallest absolute Gasteiger partial charge is 0.251 e. The Bertz CT molecular complexity index is 770. The van der Waals surface area contributed by atoms with E-state index in [9.17, 15) is 4.79 Å². The third-order valence-electron chi connectivity index (χ3n) is 3.16. The number of hydrogen-bond acceptors (Lipinski definition) is 3. The van der Waals surface area contributed by atoms with E-state index in [-0.39, 0.29) is 5.91 Å². The van der Waals surface area contributed by atoms with Crippen LogP contribution in [0.4, 0.5) is 0 Å². The molecule has 1 N–H and O–H groups in total. The standard InChI is InChI=1S/C15H13BrN4O/c16-14-4-3-11-9-13(2-1-12(11)10-14)15(21)17-5-7-20-8-6-18-19-20/h1-4,6,8-10H,5,7H2,(H,17,21). The Hall–Kier alpha value is -2.21. The zero-order valence-electron chi connectivity index (χ0n) is 11.2. The van der Waals surface area contributed by atoms with E-state index in [0.29, 0.717) is 18.7 Å². The Kier molecular flexibility index (Phi) is 3.96. The normalized spacial score (nSPS) is 10.7. The van der Waals surface area contributed by atoms with Crippen LogP contribution < -0.4 is 5.32 Å². The van der Waals surface area contributed by atoms with E-state index in [4.69, 9.17) is 0 Å². The molecule has 0 bridgehead atoms. The highest BCUT2D eigenvalue weighted by Crippen LogP contribution is 2.20. The highest BCUT2D eigenvalue weighted by Gasteiger charge is 2.06. The number of hydrogen-bond donors (Lipinski definition) is 1. The first kappa shape index (κ1) is 13.8. The number of aromatic nitrogens is 3. The molecule has 0 unspecified atom stereocenters. The molecule has 6 heteroatoms. The van der Waals surface area contributed by atoms with Crippen molar-refractivity contribution in [1.82, 2.24) is 20.3 Å². The van der Waals surface area contributed by atoms with Crippen molar-refractivity contribution < 1.29 is 4.79 Å². The summed E-state index contributed by atoms with van der Waals surface area (Å²) in [6.07, 6.45) is 3.38. The maximum Gasteiger partial charge on any atom is 0.251 e. The van der Waals surface area contributed by atoms with E-state index in [1.165, 1.54) is 0 Å². The molecule has 1 amide bonds. The van der Waals surface area contributed by atoms with Crippen LogP contribution in [-0.4, -0.2) is 27.4 Å². The molecule has 1 heterocycles. The van der Waals surface area contributed by atoms with Gasteiger partial charge < -0.3 is 5.32 Å². The van der Waals surface area contributed by atoms with E-state index in [0.717, 1.165) is 15.2 Å². The fourth-order valence-electron chi connectivity index (χ4n) is 2.10. The predicted molar refractivity (Wildman–Crippen MR) is 84.0 cm³/mol. The maximum atomic E-state index is 12.1. The number of benzene rings is 2. The molecule has 3 rings (SSSR count). The Morgan fingerprint density at radius 1 is 1.19 bits per heavy atom. The van der Waals surface area contributed by atoms with Gasteiger partial charge in [-0.3, -0.25) is 9.48 Å². The lowest BCUT2D eigenvalue weighted by Gasteiger charge is -2.06. The average molecular weight is 345 g/mol. The first-order valence-corrected chi connectivity index (χ1v) is 7.33. The van der Waals surface area contributed by atoms with Crippen LogP contribution in [0.5, 0.6) is 0 Å². The fraction of sp³-hybridized carbons (Fsp3) is 0.133. The molecular weight excluding hydrogens is 332 g/mol. The second kappa shape index (κ2) is 6.05. The maximum absolute atomic E-state index is 12.1. The van der Waals surface area contributed by atoms with E-state index >= 15 is 0 Å². The summed E-state index contributed by atoms with van der Waals surface area (Å²) in [7, 11) is 0. The number of nitrogens with one attached hydrogen (secondary N) is 1. The van der Waals surface area contributed by atoms with Gasteiger partial charge in [0.1, 0.15) is 0 Å². The minimum atomic E-state index is -0.0834. The summed E-state index contributed by atoms with van der Waals surface area (Å²) >= 11 is 3.44. The zero-order valence-corrected chi connectivity index (χ0v) is 12.7. The lowest BCUT2D eigenvalue weighted by atomic mass is 10.1. The van der Waals surface area contributed by atoms with Gasteiger partial charge in [-0.15, -0.1) is 5.10 Å². The summed E-state index contributed by atoms with van der Waals surface area (Å²) in [6, 6.07) is 11.7. The van der Waals surface area contributed by atoms with E-state index in [1.54, 1.807) is 17.1 Å². The minimum absolute atomic E-state index is 0.0834. The molecule has 1 aromatic heterocycles. The average Bonchev–Trinajstić information content (AvgIpc) is 3.00. The topological polar surface area (TPSA) is 59.8 Å². The summed E-state index contributed by atoms with van der Waals surface area (Å²) in [5.41, 5.74) is 0.656. The van der Waals surface area contributed by atoms with Crippen LogP contribution in [0.15, 0.2) is 53.3 Å². The summed E-state index contributed by atoms with van der Waals surface area (Å²) in [4.78, 5) is 12.1. The molecule has 0 atom stereocenters. The summed E-state index contributed by atoms with van der Waals surface area (Å²) in [5, 5.41) is 12.6. The van der Waals surface area contributed by atoms with Crippen LogP contribution in [0, 0.1) is 0 Å². The summed E-state index contributed by atoms with van der Waals surface area (Å²) in [5.74, 6) is -0.0834. The largest absolute Gasteiger partial charge is 0.350 e. The molecule has 106 valence electrons. The minimum Gasteiger partial charge on any atom is -0.350 e. The van der Waals surface area contributed by atoms with Gasteiger partial charge in [0.2, 0.25) is 0 Å². The molecular formula is C15H13BrN4O. The van der Waals surface area contributed by atoms with Gasteiger partial charge in [-0.1, -0.05) is 33.3 Å². The molecule has 2 aromatic carbocycles. The highest BCUT2D eigenvalue weighted by molar-refractivity contribution is 9.10. The van der Waals surface area contributed by atoms with Crippen LogP contribution in [0.3, 0.4) is 0 Å². The SMILES string of the molecule is O=C(NCCn1ccnn1)c1ccc2cc(Br)ccc2c1. The third kappa shape index (κ3) is 3.28. The van der Waals surface area contributed by atoms with Crippen molar-refractivity contribution in [2.45, 2.75) is 6.54 Å². The van der Waals surface area contributed by atoms with Crippen LogP contribution in [-0.2, 0) is 6.54 Å². The van der Waals surface area contributed by atoms with Crippen molar-refractivity contribution in [2.24, 2.45) is 0 Å². The number of rotatable bonds is 4. The highest BCUT2D eigenvalue weighted by atomic mass is 79.9. The molecule has 0 aliphatic heterocycles. The molecule has 0 saturated heterocycles. The van der Waals surface area contributed by atoms with Gasteiger partial charge in [0, 0.05) is 22.8 Å². The molecule has 0 radical (unpaired) electrons. The summed E-state index contributed by atoms with van der Waals surface area (Å²) < 4.78 is 2.71. The zero-order chi connectivity index (χ0) is 14.7. The third-order valence-corrected chi connectivity index (χ3v) is 3.66. The van der Waals surface area contributed by atoms with Crippen molar-refractivity contribution in [3.05, 3.63) is 58.8 Å². The number of fused-ring (bicyclic) bond motifs is 1. The molecule has 21 heavy (non-hydrogen) atoms. The van der Waals surface area contributed by atoms with Crippen molar-refractivity contribution in [1.29, 1.82) is 0 Å². The molecule has 0 aliphatic rings. The second-order valence-corrected chi connectivity index (χ2v) is 5.54. The van der Waals surface area contributed by atoms with Gasteiger partial charge in [0.25, 0.3) is 5.91 Å². The van der Waals surface area contributed by atoms with Crippen LogP contribution in [0.25, 0.3) is 10.8 Å². The molecule has 0 aliphatic carbocycles. The number of carbonyl (C=O) groups excluding carboxylic acids is 1. The predicted octanol–water partition coefficient (Wildman–Crippen LogP) is 2.62. The molecule has 3 aromatic rings. The van der Waals surface area contributed by atoms with Crippen LogP contribution >= 0.6 is 15.9 Å². The summed E-state index contributed by atoms with van der Waals surface area (Å²) in [6.45, 7) is 1.12. The van der Waals surface area contributed by atoms with E-state index in [1.807, 2.05) is 36.4 Å². The van der Waals surface area contributed by atoms with Crippen molar-refractivity contribution in [3.63, 3.8) is 0 Å². The second-order valence-electron chi connectivity index (χ2n) is 4.63. The van der Waals surface area contributed by atoms with Gasteiger partial charge in [0.15, 0.2) is 0 Å². The molecule has 0 spiro atoms.